The van der Waals surface area contributed by atoms with Crippen LogP contribution in [-0.2, 0) is 10.2 Å². The second-order valence-electron chi connectivity index (χ2n) is 5.19. The van der Waals surface area contributed by atoms with Crippen LogP contribution in [0.15, 0.2) is 48.5 Å². The topological polar surface area (TPSA) is 26.3 Å². The first kappa shape index (κ1) is 14.6. The number of hydrogen-bond acceptors (Lipinski definition) is 2. The van der Waals surface area contributed by atoms with E-state index in [2.05, 4.69) is 13.8 Å². The van der Waals surface area contributed by atoms with Gasteiger partial charge in [-0.25, -0.2) is 0 Å². The number of hydrogen-bond donors (Lipinski definition) is 0. The molecular formula is C17H17ClO2. The Bertz CT molecular complexity index is 632. The molecule has 0 amide bonds. The number of para-hydroxylation sites is 1. The molecule has 2 rings (SSSR count). The molecule has 0 fully saturated rings. The van der Waals surface area contributed by atoms with Gasteiger partial charge in [0.2, 0.25) is 0 Å². The molecule has 0 aliphatic rings. The lowest BCUT2D eigenvalue weighted by molar-refractivity contribution is -0.131. The van der Waals surface area contributed by atoms with E-state index in [0.29, 0.717) is 10.8 Å². The normalized spacial score (nSPS) is 11.2. The van der Waals surface area contributed by atoms with Crippen LogP contribution in [0.25, 0.3) is 0 Å². The Labute approximate surface area is 124 Å². The Morgan fingerprint density at radius 1 is 1.00 bits per heavy atom. The third-order valence-electron chi connectivity index (χ3n) is 3.36. The first-order valence-corrected chi connectivity index (χ1v) is 6.83. The lowest BCUT2D eigenvalue weighted by Crippen LogP contribution is -2.21. The van der Waals surface area contributed by atoms with Crippen molar-refractivity contribution in [3.8, 4) is 5.75 Å². The summed E-state index contributed by atoms with van der Waals surface area (Å²) in [4.78, 5) is 11.2. The quantitative estimate of drug-likeness (QED) is 0.610. The highest BCUT2D eigenvalue weighted by Gasteiger charge is 2.28. The minimum atomic E-state index is -0.357. The van der Waals surface area contributed by atoms with E-state index >= 15 is 0 Å². The van der Waals surface area contributed by atoms with Gasteiger partial charge in [-0.15, -0.1) is 0 Å². The molecule has 0 spiro atoms. The summed E-state index contributed by atoms with van der Waals surface area (Å²) in [5.41, 5.74) is 1.58. The number of rotatable bonds is 3. The highest BCUT2D eigenvalue weighted by Crippen LogP contribution is 2.39. The first-order chi connectivity index (χ1) is 9.43. The molecule has 2 aromatic rings. The maximum absolute atomic E-state index is 11.2. The highest BCUT2D eigenvalue weighted by molar-refractivity contribution is 6.31. The molecule has 0 heterocycles. The largest absolute Gasteiger partial charge is 0.426 e. The maximum Gasteiger partial charge on any atom is 0.308 e. The molecule has 0 aliphatic carbocycles. The Balaban J connectivity index is 2.55. The number of carbonyl (C=O) groups excluding carboxylic acids is 1. The summed E-state index contributed by atoms with van der Waals surface area (Å²) >= 11 is 6.31. The van der Waals surface area contributed by atoms with Gasteiger partial charge in [-0.3, -0.25) is 4.79 Å². The van der Waals surface area contributed by atoms with Gasteiger partial charge in [-0.1, -0.05) is 61.8 Å². The summed E-state index contributed by atoms with van der Waals surface area (Å²) in [6.07, 6.45) is 0. The third-order valence-corrected chi connectivity index (χ3v) is 3.69. The minimum absolute atomic E-state index is 0.326. The van der Waals surface area contributed by atoms with Gasteiger partial charge < -0.3 is 4.74 Å². The molecule has 0 radical (unpaired) electrons. The average molecular weight is 289 g/mol. The zero-order valence-electron chi connectivity index (χ0n) is 11.8. The predicted molar refractivity (Wildman–Crippen MR) is 81.3 cm³/mol. The van der Waals surface area contributed by atoms with Crippen molar-refractivity contribution in [2.75, 3.05) is 0 Å². The van der Waals surface area contributed by atoms with Crippen LogP contribution in [0.4, 0.5) is 0 Å². The summed E-state index contributed by atoms with van der Waals surface area (Å²) in [7, 11) is 0. The molecule has 0 saturated carbocycles. The summed E-state index contributed by atoms with van der Waals surface area (Å²) in [6.45, 7) is 5.53. The van der Waals surface area contributed by atoms with Crippen molar-refractivity contribution >= 4 is 17.6 Å². The molecule has 0 bridgehead atoms. The molecule has 2 aromatic carbocycles. The molecule has 3 heteroatoms. The molecule has 104 valence electrons. The van der Waals surface area contributed by atoms with Crippen LogP contribution in [-0.4, -0.2) is 5.97 Å². The van der Waals surface area contributed by atoms with Gasteiger partial charge in [-0.2, -0.15) is 0 Å². The van der Waals surface area contributed by atoms with Crippen LogP contribution >= 0.6 is 11.6 Å². The Hall–Kier alpha value is -1.80. The lowest BCUT2D eigenvalue weighted by Gasteiger charge is -2.28. The minimum Gasteiger partial charge on any atom is -0.426 e. The number of ether oxygens (including phenoxy) is 1. The van der Waals surface area contributed by atoms with Crippen LogP contribution in [0.1, 0.15) is 31.9 Å². The molecule has 2 nitrogen and oxygen atoms in total. The molecule has 0 saturated heterocycles. The van der Waals surface area contributed by atoms with E-state index in [1.165, 1.54) is 6.92 Å². The first-order valence-electron chi connectivity index (χ1n) is 6.46. The fourth-order valence-electron chi connectivity index (χ4n) is 2.34. The molecule has 0 atom stereocenters. The van der Waals surface area contributed by atoms with E-state index < -0.39 is 0 Å². The molecule has 0 aliphatic heterocycles. The van der Waals surface area contributed by atoms with Crippen molar-refractivity contribution in [1.29, 1.82) is 0 Å². The van der Waals surface area contributed by atoms with Gasteiger partial charge in [0.25, 0.3) is 0 Å². The van der Waals surface area contributed by atoms with E-state index in [-0.39, 0.29) is 11.4 Å². The molecule has 0 aromatic heterocycles. The van der Waals surface area contributed by atoms with E-state index in [9.17, 15) is 4.79 Å². The maximum atomic E-state index is 11.2. The molecule has 20 heavy (non-hydrogen) atoms. The van der Waals surface area contributed by atoms with Crippen molar-refractivity contribution in [1.82, 2.24) is 0 Å². The Kier molecular flexibility index (Phi) is 4.15. The highest BCUT2D eigenvalue weighted by atomic mass is 35.5. The number of carbonyl (C=O) groups is 1. The van der Waals surface area contributed by atoms with Crippen molar-refractivity contribution in [3.05, 3.63) is 64.7 Å². The van der Waals surface area contributed by atoms with Gasteiger partial charge in [0, 0.05) is 22.9 Å². The van der Waals surface area contributed by atoms with Gasteiger partial charge in [0.15, 0.2) is 0 Å². The van der Waals surface area contributed by atoms with Crippen LogP contribution in [0.2, 0.25) is 5.02 Å². The van der Waals surface area contributed by atoms with Crippen molar-refractivity contribution in [2.24, 2.45) is 0 Å². The fraction of sp³-hybridized carbons (Fsp3) is 0.235. The zero-order chi connectivity index (χ0) is 14.8. The molecule has 0 unspecified atom stereocenters. The lowest BCUT2D eigenvalue weighted by atomic mass is 9.77. The SMILES string of the molecule is CC(=O)Oc1ccccc1C(C)(C)c1ccccc1Cl. The van der Waals surface area contributed by atoms with Crippen molar-refractivity contribution in [3.63, 3.8) is 0 Å². The standard InChI is InChI=1S/C17H17ClO2/c1-12(19)20-16-11-7-5-9-14(16)17(2,3)13-8-4-6-10-15(13)18/h4-11H,1-3H3. The van der Waals surface area contributed by atoms with Gasteiger partial charge in [-0.05, 0) is 17.7 Å². The summed E-state index contributed by atoms with van der Waals surface area (Å²) in [5, 5.41) is 0.704. The Morgan fingerprint density at radius 3 is 2.15 bits per heavy atom. The molecule has 0 N–H and O–H groups in total. The number of esters is 1. The van der Waals surface area contributed by atoms with Crippen LogP contribution in [0.3, 0.4) is 0 Å². The van der Waals surface area contributed by atoms with Crippen molar-refractivity contribution in [2.45, 2.75) is 26.2 Å². The molecular weight excluding hydrogens is 272 g/mol. The predicted octanol–water partition coefficient (Wildman–Crippen LogP) is 4.59. The Morgan fingerprint density at radius 2 is 1.55 bits per heavy atom. The van der Waals surface area contributed by atoms with Crippen LogP contribution in [0, 0.1) is 0 Å². The number of benzene rings is 2. The fourth-order valence-corrected chi connectivity index (χ4v) is 2.71. The van der Waals surface area contributed by atoms with Crippen LogP contribution in [0.5, 0.6) is 5.75 Å². The summed E-state index contributed by atoms with van der Waals surface area (Å²) in [5.74, 6) is 0.248. The van der Waals surface area contributed by atoms with Gasteiger partial charge in [0.05, 0.1) is 0 Å². The second-order valence-corrected chi connectivity index (χ2v) is 5.60. The van der Waals surface area contributed by atoms with E-state index in [0.717, 1.165) is 11.1 Å². The third kappa shape index (κ3) is 2.86. The second kappa shape index (κ2) is 5.68. The summed E-state index contributed by atoms with van der Waals surface area (Å²) < 4.78 is 5.31. The van der Waals surface area contributed by atoms with Gasteiger partial charge in [0.1, 0.15) is 5.75 Å². The van der Waals surface area contributed by atoms with Crippen LogP contribution < -0.4 is 4.74 Å². The monoisotopic (exact) mass is 288 g/mol. The average Bonchev–Trinajstić information content (AvgIpc) is 2.38. The number of halogens is 1. The van der Waals surface area contributed by atoms with E-state index in [1.54, 1.807) is 6.07 Å². The zero-order valence-corrected chi connectivity index (χ0v) is 12.6. The smallest absolute Gasteiger partial charge is 0.308 e. The van der Waals surface area contributed by atoms with Gasteiger partial charge >= 0.3 is 5.97 Å². The van der Waals surface area contributed by atoms with E-state index in [4.69, 9.17) is 16.3 Å². The van der Waals surface area contributed by atoms with Crippen molar-refractivity contribution < 1.29 is 9.53 Å². The summed E-state index contributed by atoms with van der Waals surface area (Å²) in [6, 6.07) is 15.3. The van der Waals surface area contributed by atoms with E-state index in [1.807, 2.05) is 42.5 Å².